The monoisotopic (exact) mass is 272 g/mol. The second kappa shape index (κ2) is 5.97. The molecule has 1 rings (SSSR count). The molecule has 19 heavy (non-hydrogen) atoms. The molecule has 3 N–H and O–H groups in total. The minimum atomic E-state index is -0.875. The fourth-order valence-corrected chi connectivity index (χ4v) is 1.35. The van der Waals surface area contributed by atoms with Crippen molar-refractivity contribution in [3.05, 3.63) is 29.3 Å². The molecule has 1 aromatic rings. The number of hydrogen-bond acceptors (Lipinski definition) is 3. The van der Waals surface area contributed by atoms with Crippen LogP contribution in [0.5, 0.6) is 5.75 Å². The van der Waals surface area contributed by atoms with Gasteiger partial charge in [0.1, 0.15) is 5.84 Å². The predicted octanol–water partition coefficient (Wildman–Crippen LogP) is 2.44. The third-order valence-corrected chi connectivity index (χ3v) is 2.81. The maximum absolute atomic E-state index is 13.6. The summed E-state index contributed by atoms with van der Waals surface area (Å²) in [6.07, 6.45) is 0.483. The maximum atomic E-state index is 13.6. The van der Waals surface area contributed by atoms with Crippen molar-refractivity contribution in [2.24, 2.45) is 5.73 Å². The zero-order valence-corrected chi connectivity index (χ0v) is 11.2. The first-order chi connectivity index (χ1) is 8.76. The van der Waals surface area contributed by atoms with Gasteiger partial charge < -0.3 is 15.2 Å². The lowest BCUT2D eigenvalue weighted by molar-refractivity contribution is 0.00478. The van der Waals surface area contributed by atoms with E-state index in [9.17, 15) is 8.78 Å². The van der Waals surface area contributed by atoms with E-state index >= 15 is 0 Å². The molecule has 0 aliphatic rings. The highest BCUT2D eigenvalue weighted by molar-refractivity contribution is 5.95. The zero-order valence-electron chi connectivity index (χ0n) is 11.2. The van der Waals surface area contributed by atoms with E-state index in [0.717, 1.165) is 12.1 Å². The third-order valence-electron chi connectivity index (χ3n) is 2.81. The second-order valence-corrected chi connectivity index (χ2v) is 4.74. The lowest BCUT2D eigenvalue weighted by Gasteiger charge is -2.22. The molecule has 0 atom stereocenters. The van der Waals surface area contributed by atoms with Crippen LogP contribution in [0, 0.1) is 17.0 Å². The summed E-state index contributed by atoms with van der Waals surface area (Å²) in [4.78, 5) is 0. The summed E-state index contributed by atoms with van der Waals surface area (Å²) < 4.78 is 37.5. The van der Waals surface area contributed by atoms with Gasteiger partial charge in [0.25, 0.3) is 0 Å². The van der Waals surface area contributed by atoms with Crippen LogP contribution in [0.15, 0.2) is 12.1 Å². The quantitative estimate of drug-likeness (QED) is 0.617. The molecule has 0 amide bonds. The number of ether oxygens (including phenoxy) is 2. The summed E-state index contributed by atoms with van der Waals surface area (Å²) in [5.74, 6) is -2.61. The van der Waals surface area contributed by atoms with Gasteiger partial charge in [-0.1, -0.05) is 0 Å². The standard InChI is InChI=1S/C13H18F2N2O2/c1-13(2,18-3)4-5-19-11-9(14)6-8(12(16)17)7-10(11)15/h6-7H,4-5H2,1-3H3,(H3,16,17). The smallest absolute Gasteiger partial charge is 0.190 e. The number of nitrogens with two attached hydrogens (primary N) is 1. The number of benzene rings is 1. The summed E-state index contributed by atoms with van der Waals surface area (Å²) in [7, 11) is 1.56. The first-order valence-corrected chi connectivity index (χ1v) is 5.78. The lowest BCUT2D eigenvalue weighted by Crippen LogP contribution is -2.25. The van der Waals surface area contributed by atoms with Crippen molar-refractivity contribution in [1.82, 2.24) is 0 Å². The summed E-state index contributed by atoms with van der Waals surface area (Å²) in [6, 6.07) is 1.95. The Kier molecular flexibility index (Phi) is 4.83. The van der Waals surface area contributed by atoms with E-state index in [-0.39, 0.29) is 12.2 Å². The fraction of sp³-hybridized carbons (Fsp3) is 0.462. The van der Waals surface area contributed by atoms with Crippen LogP contribution in [0.2, 0.25) is 0 Å². The molecule has 1 aromatic carbocycles. The zero-order chi connectivity index (χ0) is 14.6. The van der Waals surface area contributed by atoms with Crippen molar-refractivity contribution >= 4 is 5.84 Å². The Morgan fingerprint density at radius 1 is 1.32 bits per heavy atom. The van der Waals surface area contributed by atoms with Crippen molar-refractivity contribution in [1.29, 1.82) is 5.41 Å². The number of methoxy groups -OCH3 is 1. The largest absolute Gasteiger partial charge is 0.487 e. The van der Waals surface area contributed by atoms with Crippen LogP contribution >= 0.6 is 0 Å². The minimum absolute atomic E-state index is 0.0143. The molecule has 0 heterocycles. The van der Waals surface area contributed by atoms with Gasteiger partial charge in [-0.15, -0.1) is 0 Å². The molecular formula is C13H18F2N2O2. The van der Waals surface area contributed by atoms with E-state index in [4.69, 9.17) is 20.6 Å². The minimum Gasteiger partial charge on any atom is -0.487 e. The third kappa shape index (κ3) is 4.17. The molecule has 0 saturated heterocycles. The highest BCUT2D eigenvalue weighted by Crippen LogP contribution is 2.24. The Morgan fingerprint density at radius 3 is 2.26 bits per heavy atom. The number of nitrogens with one attached hydrogen (secondary N) is 1. The van der Waals surface area contributed by atoms with E-state index in [0.29, 0.717) is 6.42 Å². The molecule has 106 valence electrons. The molecule has 6 heteroatoms. The first-order valence-electron chi connectivity index (χ1n) is 5.78. The molecule has 0 fully saturated rings. The molecule has 0 radical (unpaired) electrons. The number of rotatable bonds is 6. The molecule has 0 aliphatic carbocycles. The van der Waals surface area contributed by atoms with Crippen molar-refractivity contribution in [2.45, 2.75) is 25.9 Å². The summed E-state index contributed by atoms with van der Waals surface area (Å²) in [6.45, 7) is 3.82. The molecule has 0 spiro atoms. The lowest BCUT2D eigenvalue weighted by atomic mass is 10.1. The summed E-state index contributed by atoms with van der Waals surface area (Å²) in [5, 5.41) is 7.13. The Balaban J connectivity index is 2.77. The average molecular weight is 272 g/mol. The summed E-state index contributed by atoms with van der Waals surface area (Å²) in [5.41, 5.74) is 4.73. The van der Waals surface area contributed by atoms with Crippen LogP contribution in [0.25, 0.3) is 0 Å². The van der Waals surface area contributed by atoms with Crippen LogP contribution in [0.3, 0.4) is 0 Å². The Labute approximate surface area is 111 Å². The maximum Gasteiger partial charge on any atom is 0.190 e. The van der Waals surface area contributed by atoms with Crippen LogP contribution in [0.4, 0.5) is 8.78 Å². The molecule has 0 bridgehead atoms. The SMILES string of the molecule is COC(C)(C)CCOc1c(F)cc(C(=N)N)cc1F. The van der Waals surface area contributed by atoms with E-state index in [1.54, 1.807) is 7.11 Å². The fourth-order valence-electron chi connectivity index (χ4n) is 1.35. The molecule has 0 aliphatic heterocycles. The first kappa shape index (κ1) is 15.4. The van der Waals surface area contributed by atoms with E-state index in [1.807, 2.05) is 13.8 Å². The van der Waals surface area contributed by atoms with Gasteiger partial charge in [0.15, 0.2) is 17.4 Å². The van der Waals surface area contributed by atoms with Crippen molar-refractivity contribution in [2.75, 3.05) is 13.7 Å². The Bertz CT molecular complexity index is 453. The van der Waals surface area contributed by atoms with Gasteiger partial charge in [0.2, 0.25) is 0 Å². The normalized spacial score (nSPS) is 11.4. The van der Waals surface area contributed by atoms with Crippen LogP contribution in [0.1, 0.15) is 25.8 Å². The average Bonchev–Trinajstić information content (AvgIpc) is 2.32. The highest BCUT2D eigenvalue weighted by atomic mass is 19.1. The molecule has 0 saturated carbocycles. The van der Waals surface area contributed by atoms with Gasteiger partial charge in [-0.05, 0) is 26.0 Å². The van der Waals surface area contributed by atoms with Crippen LogP contribution < -0.4 is 10.5 Å². The molecule has 0 aromatic heterocycles. The summed E-state index contributed by atoms with van der Waals surface area (Å²) >= 11 is 0. The molecule has 4 nitrogen and oxygen atoms in total. The topological polar surface area (TPSA) is 68.3 Å². The second-order valence-electron chi connectivity index (χ2n) is 4.74. The van der Waals surface area contributed by atoms with Crippen LogP contribution in [-0.4, -0.2) is 25.2 Å². The molecular weight excluding hydrogens is 254 g/mol. The van der Waals surface area contributed by atoms with Gasteiger partial charge >= 0.3 is 0 Å². The Hall–Kier alpha value is -1.69. The van der Waals surface area contributed by atoms with E-state index in [1.165, 1.54) is 0 Å². The van der Waals surface area contributed by atoms with Crippen molar-refractivity contribution in [3.63, 3.8) is 0 Å². The van der Waals surface area contributed by atoms with Gasteiger partial charge in [0, 0.05) is 19.1 Å². The van der Waals surface area contributed by atoms with Gasteiger partial charge in [-0.3, -0.25) is 5.41 Å². The van der Waals surface area contributed by atoms with Gasteiger partial charge in [-0.2, -0.15) is 0 Å². The molecule has 0 unspecified atom stereocenters. The van der Waals surface area contributed by atoms with Crippen molar-refractivity contribution < 1.29 is 18.3 Å². The van der Waals surface area contributed by atoms with Crippen LogP contribution in [-0.2, 0) is 4.74 Å². The number of amidine groups is 1. The predicted molar refractivity (Wildman–Crippen MR) is 68.6 cm³/mol. The van der Waals surface area contributed by atoms with Gasteiger partial charge in [-0.25, -0.2) is 8.78 Å². The highest BCUT2D eigenvalue weighted by Gasteiger charge is 2.18. The Morgan fingerprint density at radius 2 is 1.84 bits per heavy atom. The van der Waals surface area contributed by atoms with Gasteiger partial charge in [0.05, 0.1) is 12.2 Å². The van der Waals surface area contributed by atoms with E-state index < -0.39 is 28.8 Å². The number of hydrogen-bond donors (Lipinski definition) is 2. The van der Waals surface area contributed by atoms with E-state index in [2.05, 4.69) is 0 Å². The van der Waals surface area contributed by atoms with Crippen molar-refractivity contribution in [3.8, 4) is 5.75 Å². The number of halogens is 2. The number of nitrogen functional groups attached to an aromatic ring is 1.